The van der Waals surface area contributed by atoms with Crippen LogP contribution in [-0.4, -0.2) is 5.78 Å². The fraction of sp³-hybridized carbons (Fsp3) is 0.350. The van der Waals surface area contributed by atoms with Crippen LogP contribution in [0.1, 0.15) is 55.6 Å². The van der Waals surface area contributed by atoms with Gasteiger partial charge in [-0.05, 0) is 23.3 Å². The van der Waals surface area contributed by atoms with Gasteiger partial charge in [0.25, 0.3) is 0 Å². The molecule has 0 fully saturated rings. The van der Waals surface area contributed by atoms with E-state index in [-0.39, 0.29) is 11.2 Å². The Bertz CT molecular complexity index is 591. The molecule has 0 amide bonds. The lowest BCUT2D eigenvalue weighted by molar-refractivity contribution is 0.103. The number of ketones is 1. The lowest BCUT2D eigenvalue weighted by Crippen LogP contribution is -2.19. The minimum absolute atomic E-state index is 0.0869. The first kappa shape index (κ1) is 15.5. The van der Waals surface area contributed by atoms with Crippen LogP contribution < -0.4 is 0 Å². The molecule has 2 aromatic rings. The van der Waals surface area contributed by atoms with Crippen molar-refractivity contribution < 1.29 is 4.79 Å². The molecule has 0 aliphatic rings. The van der Waals surface area contributed by atoms with Crippen molar-refractivity contribution in [1.82, 2.24) is 0 Å². The van der Waals surface area contributed by atoms with E-state index in [1.165, 1.54) is 5.56 Å². The Morgan fingerprint density at radius 2 is 1.43 bits per heavy atom. The first-order valence-corrected chi connectivity index (χ1v) is 7.60. The van der Waals surface area contributed by atoms with Gasteiger partial charge in [-0.15, -0.1) is 0 Å². The molecule has 2 aromatic carbocycles. The van der Waals surface area contributed by atoms with Gasteiger partial charge in [-0.2, -0.15) is 0 Å². The SMILES string of the molecule is CC(C)CC(C)(C)c1ccc(C(=O)c2ccccc2)cc1. The fourth-order valence-electron chi connectivity index (χ4n) is 2.97. The molecule has 110 valence electrons. The van der Waals surface area contributed by atoms with Crippen LogP contribution in [0.4, 0.5) is 0 Å². The maximum atomic E-state index is 12.4. The summed E-state index contributed by atoms with van der Waals surface area (Å²) in [6.07, 6.45) is 1.14. The van der Waals surface area contributed by atoms with Gasteiger partial charge in [0.2, 0.25) is 0 Å². The highest BCUT2D eigenvalue weighted by molar-refractivity contribution is 6.08. The second kappa shape index (κ2) is 6.26. The van der Waals surface area contributed by atoms with Crippen molar-refractivity contribution in [3.05, 3.63) is 71.3 Å². The summed E-state index contributed by atoms with van der Waals surface area (Å²) in [4.78, 5) is 12.4. The number of hydrogen-bond acceptors (Lipinski definition) is 1. The molecule has 0 bridgehead atoms. The summed E-state index contributed by atoms with van der Waals surface area (Å²) >= 11 is 0. The number of carbonyl (C=O) groups is 1. The van der Waals surface area contributed by atoms with Gasteiger partial charge in [0.1, 0.15) is 0 Å². The van der Waals surface area contributed by atoms with E-state index in [1.54, 1.807) is 0 Å². The third-order valence-electron chi connectivity index (χ3n) is 3.88. The largest absolute Gasteiger partial charge is 0.289 e. The lowest BCUT2D eigenvalue weighted by Gasteiger charge is -2.27. The van der Waals surface area contributed by atoms with Gasteiger partial charge in [-0.3, -0.25) is 4.79 Å². The first-order valence-electron chi connectivity index (χ1n) is 7.60. The third-order valence-corrected chi connectivity index (χ3v) is 3.88. The van der Waals surface area contributed by atoms with E-state index in [9.17, 15) is 4.79 Å². The maximum absolute atomic E-state index is 12.4. The van der Waals surface area contributed by atoms with Crippen LogP contribution in [0.3, 0.4) is 0 Å². The van der Waals surface area contributed by atoms with Crippen molar-refractivity contribution in [3.63, 3.8) is 0 Å². The lowest BCUT2D eigenvalue weighted by atomic mass is 9.77. The number of hydrogen-bond donors (Lipinski definition) is 0. The minimum atomic E-state index is 0.0869. The molecule has 0 radical (unpaired) electrons. The maximum Gasteiger partial charge on any atom is 0.193 e. The van der Waals surface area contributed by atoms with Crippen LogP contribution >= 0.6 is 0 Å². The minimum Gasteiger partial charge on any atom is -0.289 e. The summed E-state index contributed by atoms with van der Waals surface area (Å²) in [6, 6.07) is 17.5. The molecule has 0 heterocycles. The molecule has 0 spiro atoms. The highest BCUT2D eigenvalue weighted by atomic mass is 16.1. The highest BCUT2D eigenvalue weighted by Crippen LogP contribution is 2.30. The Labute approximate surface area is 128 Å². The Morgan fingerprint density at radius 3 is 1.95 bits per heavy atom. The van der Waals surface area contributed by atoms with Crippen molar-refractivity contribution in [2.75, 3.05) is 0 Å². The van der Waals surface area contributed by atoms with Crippen LogP contribution in [0.2, 0.25) is 0 Å². The van der Waals surface area contributed by atoms with Crippen LogP contribution in [0.15, 0.2) is 54.6 Å². The average Bonchev–Trinajstić information content (AvgIpc) is 2.46. The van der Waals surface area contributed by atoms with Gasteiger partial charge in [0.05, 0.1) is 0 Å². The second-order valence-corrected chi connectivity index (χ2v) is 6.75. The molecular weight excluding hydrogens is 256 g/mol. The summed E-state index contributed by atoms with van der Waals surface area (Å²) in [5, 5.41) is 0. The van der Waals surface area contributed by atoms with Crippen LogP contribution in [0.5, 0.6) is 0 Å². The molecule has 2 rings (SSSR count). The van der Waals surface area contributed by atoms with Crippen molar-refractivity contribution in [2.24, 2.45) is 5.92 Å². The molecule has 0 saturated heterocycles. The zero-order valence-electron chi connectivity index (χ0n) is 13.4. The van der Waals surface area contributed by atoms with Crippen molar-refractivity contribution >= 4 is 5.78 Å². The third kappa shape index (κ3) is 3.81. The van der Waals surface area contributed by atoms with E-state index in [2.05, 4.69) is 39.8 Å². The predicted octanol–water partition coefficient (Wildman–Crippen LogP) is 5.24. The molecule has 0 aliphatic heterocycles. The summed E-state index contributed by atoms with van der Waals surface area (Å²) in [5.74, 6) is 0.745. The van der Waals surface area contributed by atoms with Crippen molar-refractivity contribution in [1.29, 1.82) is 0 Å². The van der Waals surface area contributed by atoms with E-state index in [0.29, 0.717) is 5.92 Å². The van der Waals surface area contributed by atoms with Gasteiger partial charge in [0.15, 0.2) is 5.78 Å². The van der Waals surface area contributed by atoms with Gasteiger partial charge < -0.3 is 0 Å². The molecule has 21 heavy (non-hydrogen) atoms. The monoisotopic (exact) mass is 280 g/mol. The Kier molecular flexibility index (Phi) is 4.62. The number of benzene rings is 2. The van der Waals surface area contributed by atoms with Crippen LogP contribution in [-0.2, 0) is 5.41 Å². The molecular formula is C20H24O. The molecule has 0 saturated carbocycles. The van der Waals surface area contributed by atoms with Crippen molar-refractivity contribution in [3.8, 4) is 0 Å². The highest BCUT2D eigenvalue weighted by Gasteiger charge is 2.22. The first-order chi connectivity index (χ1) is 9.90. The summed E-state index contributed by atoms with van der Waals surface area (Å²) in [5.41, 5.74) is 2.93. The van der Waals surface area contributed by atoms with E-state index in [0.717, 1.165) is 17.5 Å². The van der Waals surface area contributed by atoms with Gasteiger partial charge in [0, 0.05) is 11.1 Å². The molecule has 1 heteroatoms. The number of rotatable bonds is 5. The second-order valence-electron chi connectivity index (χ2n) is 6.75. The van der Waals surface area contributed by atoms with Gasteiger partial charge >= 0.3 is 0 Å². The molecule has 0 aliphatic carbocycles. The van der Waals surface area contributed by atoms with E-state index in [1.807, 2.05) is 42.5 Å². The van der Waals surface area contributed by atoms with Gasteiger partial charge in [-0.25, -0.2) is 0 Å². The average molecular weight is 280 g/mol. The summed E-state index contributed by atoms with van der Waals surface area (Å²) in [7, 11) is 0. The Hall–Kier alpha value is -1.89. The number of carbonyl (C=O) groups excluding carboxylic acids is 1. The standard InChI is InChI=1S/C20H24O/c1-15(2)14-20(3,4)18-12-10-17(11-13-18)19(21)16-8-6-5-7-9-16/h5-13,15H,14H2,1-4H3. The zero-order chi connectivity index (χ0) is 15.5. The summed E-state index contributed by atoms with van der Waals surface area (Å²) < 4.78 is 0. The normalized spacial score (nSPS) is 11.7. The van der Waals surface area contributed by atoms with E-state index >= 15 is 0 Å². The summed E-state index contributed by atoms with van der Waals surface area (Å²) in [6.45, 7) is 9.02. The van der Waals surface area contributed by atoms with E-state index in [4.69, 9.17) is 0 Å². The molecule has 0 atom stereocenters. The topological polar surface area (TPSA) is 17.1 Å². The molecule has 0 aromatic heterocycles. The van der Waals surface area contributed by atoms with Gasteiger partial charge in [-0.1, -0.05) is 82.3 Å². The fourth-order valence-corrected chi connectivity index (χ4v) is 2.97. The Balaban J connectivity index is 2.21. The van der Waals surface area contributed by atoms with Crippen molar-refractivity contribution in [2.45, 2.75) is 39.5 Å². The molecule has 0 N–H and O–H groups in total. The quantitative estimate of drug-likeness (QED) is 0.684. The van der Waals surface area contributed by atoms with Crippen LogP contribution in [0, 0.1) is 5.92 Å². The smallest absolute Gasteiger partial charge is 0.193 e. The predicted molar refractivity (Wildman–Crippen MR) is 88.8 cm³/mol. The molecule has 1 nitrogen and oxygen atoms in total. The zero-order valence-corrected chi connectivity index (χ0v) is 13.4. The Morgan fingerprint density at radius 1 is 0.905 bits per heavy atom. The van der Waals surface area contributed by atoms with Crippen LogP contribution in [0.25, 0.3) is 0 Å². The van der Waals surface area contributed by atoms with E-state index < -0.39 is 0 Å². The molecule has 0 unspecified atom stereocenters.